The van der Waals surface area contributed by atoms with E-state index in [1.54, 1.807) is 24.3 Å². The summed E-state index contributed by atoms with van der Waals surface area (Å²) in [6, 6.07) is 9.62. The van der Waals surface area contributed by atoms with E-state index in [9.17, 15) is 8.42 Å². The van der Waals surface area contributed by atoms with Crippen LogP contribution < -0.4 is 14.2 Å². The number of hydrogen-bond acceptors (Lipinski definition) is 8. The zero-order valence-corrected chi connectivity index (χ0v) is 20.0. The predicted molar refractivity (Wildman–Crippen MR) is 122 cm³/mol. The lowest BCUT2D eigenvalue weighted by Crippen LogP contribution is -2.39. The fourth-order valence-corrected chi connectivity index (χ4v) is 5.50. The van der Waals surface area contributed by atoms with Crippen molar-refractivity contribution in [2.45, 2.75) is 23.7 Å². The van der Waals surface area contributed by atoms with Gasteiger partial charge in [0.2, 0.25) is 27.5 Å². The second-order valence-corrected chi connectivity index (χ2v) is 9.90. The van der Waals surface area contributed by atoms with Crippen molar-refractivity contribution in [1.82, 2.24) is 14.4 Å². The molecule has 11 heteroatoms. The first-order valence-electron chi connectivity index (χ1n) is 10.3. The topological polar surface area (TPSA) is 104 Å². The molecule has 0 spiro atoms. The second-order valence-electron chi connectivity index (χ2n) is 7.53. The Balaban J connectivity index is 1.58. The summed E-state index contributed by atoms with van der Waals surface area (Å²) in [5.74, 6) is 1.91. The molecule has 0 saturated carbocycles. The SMILES string of the molecule is COc1cc(-c2noc([C@H]3CCCN(S(=O)(=O)c4ccc(Cl)cc4)C3)n2)cc(OC)c1OC. The van der Waals surface area contributed by atoms with Crippen LogP contribution in [0.5, 0.6) is 17.2 Å². The molecule has 2 aromatic carbocycles. The van der Waals surface area contributed by atoms with Gasteiger partial charge in [0.05, 0.1) is 32.1 Å². The Hall–Kier alpha value is -2.82. The quantitative estimate of drug-likeness (QED) is 0.486. The van der Waals surface area contributed by atoms with Gasteiger partial charge in [-0.3, -0.25) is 0 Å². The van der Waals surface area contributed by atoms with E-state index in [1.165, 1.54) is 37.8 Å². The molecule has 0 aliphatic carbocycles. The molecule has 9 nitrogen and oxygen atoms in total. The van der Waals surface area contributed by atoms with Crippen LogP contribution in [-0.2, 0) is 10.0 Å². The van der Waals surface area contributed by atoms with Crippen molar-refractivity contribution in [1.29, 1.82) is 0 Å². The number of hydrogen-bond donors (Lipinski definition) is 0. The van der Waals surface area contributed by atoms with E-state index in [4.69, 9.17) is 30.3 Å². The number of nitrogens with zero attached hydrogens (tertiary/aromatic N) is 3. The fraction of sp³-hybridized carbons (Fsp3) is 0.364. The highest BCUT2D eigenvalue weighted by Gasteiger charge is 2.33. The molecule has 4 rings (SSSR count). The van der Waals surface area contributed by atoms with Crippen molar-refractivity contribution < 1.29 is 27.2 Å². The molecule has 1 fully saturated rings. The molecule has 2 heterocycles. The third-order valence-corrected chi connectivity index (χ3v) is 7.68. The molecule has 0 unspecified atom stereocenters. The average Bonchev–Trinajstić information content (AvgIpc) is 3.34. The van der Waals surface area contributed by atoms with E-state index in [0.29, 0.717) is 52.5 Å². The maximum absolute atomic E-state index is 13.1. The molecule has 0 radical (unpaired) electrons. The number of sulfonamides is 1. The van der Waals surface area contributed by atoms with Crippen LogP contribution >= 0.6 is 11.6 Å². The van der Waals surface area contributed by atoms with Crippen molar-refractivity contribution in [2.24, 2.45) is 0 Å². The molecule has 1 aromatic heterocycles. The molecule has 33 heavy (non-hydrogen) atoms. The molecule has 0 amide bonds. The number of benzene rings is 2. The molecule has 176 valence electrons. The van der Waals surface area contributed by atoms with Crippen molar-refractivity contribution in [3.8, 4) is 28.6 Å². The van der Waals surface area contributed by atoms with E-state index in [0.717, 1.165) is 6.42 Å². The normalized spacial score (nSPS) is 17.0. The largest absolute Gasteiger partial charge is 0.493 e. The van der Waals surface area contributed by atoms with Gasteiger partial charge in [0.15, 0.2) is 11.5 Å². The van der Waals surface area contributed by atoms with E-state index >= 15 is 0 Å². The van der Waals surface area contributed by atoms with Crippen LogP contribution in [-0.4, -0.2) is 57.3 Å². The predicted octanol–water partition coefficient (Wildman–Crippen LogP) is 3.98. The van der Waals surface area contributed by atoms with Crippen molar-refractivity contribution in [3.63, 3.8) is 0 Å². The van der Waals surface area contributed by atoms with Gasteiger partial charge >= 0.3 is 0 Å². The molecular weight excluding hydrogens is 470 g/mol. The standard InChI is InChI=1S/C22H24ClN3O6S/c1-29-18-11-15(12-19(30-2)20(18)31-3)21-24-22(32-25-21)14-5-4-10-26(13-14)33(27,28)17-8-6-16(23)7-9-17/h6-9,11-12,14H,4-5,10,13H2,1-3H3/t14-/m0/s1. The van der Waals surface area contributed by atoms with E-state index < -0.39 is 10.0 Å². The first-order chi connectivity index (χ1) is 15.9. The van der Waals surface area contributed by atoms with Gasteiger partial charge in [-0.15, -0.1) is 0 Å². The smallest absolute Gasteiger partial charge is 0.243 e. The summed E-state index contributed by atoms with van der Waals surface area (Å²) >= 11 is 5.90. The van der Waals surface area contributed by atoms with E-state index in [2.05, 4.69) is 10.1 Å². The summed E-state index contributed by atoms with van der Waals surface area (Å²) in [6.07, 6.45) is 1.42. The third kappa shape index (κ3) is 4.64. The molecule has 3 aromatic rings. The minimum atomic E-state index is -3.65. The van der Waals surface area contributed by atoms with Gasteiger partial charge in [-0.05, 0) is 49.2 Å². The molecule has 1 atom stereocenters. The first-order valence-corrected chi connectivity index (χ1v) is 12.1. The Morgan fingerprint density at radius 1 is 1.06 bits per heavy atom. The summed E-state index contributed by atoms with van der Waals surface area (Å²) in [4.78, 5) is 4.75. The molecule has 1 aliphatic heterocycles. The maximum Gasteiger partial charge on any atom is 0.243 e. The Morgan fingerprint density at radius 3 is 2.33 bits per heavy atom. The van der Waals surface area contributed by atoms with Crippen LogP contribution in [0, 0.1) is 0 Å². The second kappa shape index (κ2) is 9.58. The number of halogens is 1. The van der Waals surface area contributed by atoms with Crippen molar-refractivity contribution in [2.75, 3.05) is 34.4 Å². The highest BCUT2D eigenvalue weighted by Crippen LogP contribution is 2.41. The van der Waals surface area contributed by atoms with Crippen LogP contribution in [0.2, 0.25) is 5.02 Å². The number of piperidine rings is 1. The van der Waals surface area contributed by atoms with Crippen LogP contribution in [0.1, 0.15) is 24.7 Å². The Morgan fingerprint density at radius 2 is 1.73 bits per heavy atom. The molecule has 0 N–H and O–H groups in total. The van der Waals surface area contributed by atoms with Crippen LogP contribution in [0.4, 0.5) is 0 Å². The molecular formula is C22H24ClN3O6S. The van der Waals surface area contributed by atoms with Gasteiger partial charge in [-0.25, -0.2) is 8.42 Å². The average molecular weight is 494 g/mol. The third-order valence-electron chi connectivity index (χ3n) is 5.55. The van der Waals surface area contributed by atoms with Gasteiger partial charge in [-0.2, -0.15) is 9.29 Å². The monoisotopic (exact) mass is 493 g/mol. The molecule has 1 aliphatic rings. The van der Waals surface area contributed by atoms with Gasteiger partial charge in [0, 0.05) is 23.7 Å². The Kier molecular flexibility index (Phi) is 6.78. The Labute approximate surface area is 197 Å². The van der Waals surface area contributed by atoms with Crippen LogP contribution in [0.15, 0.2) is 45.8 Å². The highest BCUT2D eigenvalue weighted by atomic mass is 35.5. The van der Waals surface area contributed by atoms with Crippen LogP contribution in [0.3, 0.4) is 0 Å². The maximum atomic E-state index is 13.1. The van der Waals surface area contributed by atoms with Crippen LogP contribution in [0.25, 0.3) is 11.4 Å². The minimum absolute atomic E-state index is 0.205. The molecule has 1 saturated heterocycles. The van der Waals surface area contributed by atoms with Gasteiger partial charge in [-0.1, -0.05) is 16.8 Å². The summed E-state index contributed by atoms with van der Waals surface area (Å²) < 4.78 is 49.3. The Bertz CT molecular complexity index is 1200. The molecule has 0 bridgehead atoms. The highest BCUT2D eigenvalue weighted by molar-refractivity contribution is 7.89. The van der Waals surface area contributed by atoms with Gasteiger partial charge in [0.1, 0.15) is 0 Å². The van der Waals surface area contributed by atoms with Gasteiger partial charge in [0.25, 0.3) is 0 Å². The van der Waals surface area contributed by atoms with Gasteiger partial charge < -0.3 is 18.7 Å². The minimum Gasteiger partial charge on any atom is -0.493 e. The summed E-state index contributed by atoms with van der Waals surface area (Å²) in [6.45, 7) is 0.678. The summed E-state index contributed by atoms with van der Waals surface area (Å²) in [5, 5.41) is 4.58. The lowest BCUT2D eigenvalue weighted by Gasteiger charge is -2.30. The zero-order valence-electron chi connectivity index (χ0n) is 18.4. The number of ether oxygens (including phenoxy) is 3. The summed E-state index contributed by atoms with van der Waals surface area (Å²) in [5.41, 5.74) is 0.626. The van der Waals surface area contributed by atoms with Crippen molar-refractivity contribution in [3.05, 3.63) is 47.3 Å². The number of aromatic nitrogens is 2. The lowest BCUT2D eigenvalue weighted by atomic mass is 10.00. The number of rotatable bonds is 7. The zero-order chi connectivity index (χ0) is 23.6. The lowest BCUT2D eigenvalue weighted by molar-refractivity contribution is 0.265. The first kappa shape index (κ1) is 23.3. The fourth-order valence-electron chi connectivity index (χ4n) is 3.85. The van der Waals surface area contributed by atoms with Crippen molar-refractivity contribution >= 4 is 21.6 Å². The summed E-state index contributed by atoms with van der Waals surface area (Å²) in [7, 11) is 0.931. The number of methoxy groups -OCH3 is 3. The van der Waals surface area contributed by atoms with E-state index in [1.807, 2.05) is 0 Å². The van der Waals surface area contributed by atoms with E-state index in [-0.39, 0.29) is 17.4 Å².